The zero-order valence-corrected chi connectivity index (χ0v) is 20.5. The van der Waals surface area contributed by atoms with Gasteiger partial charge in [-0.25, -0.2) is 9.79 Å². The molecule has 0 amide bonds. The van der Waals surface area contributed by atoms with Crippen molar-refractivity contribution in [3.8, 4) is 23.8 Å². The third kappa shape index (κ3) is 4.30. The van der Waals surface area contributed by atoms with Crippen LogP contribution < -0.4 is 24.4 Å². The van der Waals surface area contributed by atoms with Gasteiger partial charge < -0.3 is 14.2 Å². The number of carbonyl (C=O) groups is 1. The van der Waals surface area contributed by atoms with Crippen LogP contribution in [0, 0.1) is 12.3 Å². The third-order valence-corrected chi connectivity index (χ3v) is 7.05. The number of methoxy groups -OCH3 is 1. The topological polar surface area (TPSA) is 79.1 Å². The van der Waals surface area contributed by atoms with Gasteiger partial charge in [-0.05, 0) is 37.4 Å². The molecule has 0 saturated heterocycles. The van der Waals surface area contributed by atoms with Crippen LogP contribution >= 0.6 is 22.7 Å². The summed E-state index contributed by atoms with van der Waals surface area (Å²) in [4.78, 5) is 32.4. The van der Waals surface area contributed by atoms with E-state index in [0.29, 0.717) is 37.7 Å². The molecule has 0 unspecified atom stereocenters. The standard InChI is InChI=1S/C25H22N2O5S2/c1-5-12-32-22-16(9-7-10-17(22)30-4)14-19-23(28)27-21(18-11-8-13-33-18)20(24(29)31-6-2)15(3)26-25(27)34-19/h1,7-11,13-14,21H,6,12H2,2-4H3/b19-14-/t21-/m0/s1. The van der Waals surface area contributed by atoms with Crippen LogP contribution in [-0.4, -0.2) is 30.9 Å². The summed E-state index contributed by atoms with van der Waals surface area (Å²) in [6.07, 6.45) is 7.09. The number of hydrogen-bond acceptors (Lipinski definition) is 8. The van der Waals surface area contributed by atoms with E-state index in [0.717, 1.165) is 4.88 Å². The lowest BCUT2D eigenvalue weighted by Gasteiger charge is -2.23. The van der Waals surface area contributed by atoms with Crippen molar-refractivity contribution in [3.63, 3.8) is 0 Å². The second kappa shape index (κ2) is 10.1. The first-order valence-electron chi connectivity index (χ1n) is 10.5. The second-order valence-corrected chi connectivity index (χ2v) is 9.18. The van der Waals surface area contributed by atoms with Crippen molar-refractivity contribution < 1.29 is 19.0 Å². The molecule has 1 atom stereocenters. The lowest BCUT2D eigenvalue weighted by molar-refractivity contribution is -0.139. The van der Waals surface area contributed by atoms with Gasteiger partial charge in [0.1, 0.15) is 12.6 Å². The van der Waals surface area contributed by atoms with E-state index in [-0.39, 0.29) is 18.8 Å². The summed E-state index contributed by atoms with van der Waals surface area (Å²) in [6.45, 7) is 3.80. The van der Waals surface area contributed by atoms with Crippen LogP contribution in [0.2, 0.25) is 0 Å². The fourth-order valence-electron chi connectivity index (χ4n) is 3.72. The molecule has 0 bridgehead atoms. The van der Waals surface area contributed by atoms with E-state index in [1.54, 1.807) is 30.6 Å². The van der Waals surface area contributed by atoms with Gasteiger partial charge in [0.2, 0.25) is 0 Å². The molecule has 174 valence electrons. The first kappa shape index (κ1) is 23.5. The van der Waals surface area contributed by atoms with Gasteiger partial charge in [0, 0.05) is 10.4 Å². The van der Waals surface area contributed by atoms with Crippen LogP contribution in [0.25, 0.3) is 6.08 Å². The van der Waals surface area contributed by atoms with Gasteiger partial charge in [0.15, 0.2) is 16.3 Å². The van der Waals surface area contributed by atoms with Crippen LogP contribution in [0.5, 0.6) is 11.5 Å². The number of para-hydroxylation sites is 1. The maximum atomic E-state index is 13.6. The Bertz CT molecular complexity index is 1470. The van der Waals surface area contributed by atoms with E-state index in [2.05, 4.69) is 10.9 Å². The van der Waals surface area contributed by atoms with E-state index in [9.17, 15) is 9.59 Å². The minimum Gasteiger partial charge on any atom is -0.493 e. The molecule has 1 aromatic carbocycles. The van der Waals surface area contributed by atoms with Crippen LogP contribution in [0.15, 0.2) is 56.8 Å². The van der Waals surface area contributed by atoms with Crippen LogP contribution in [-0.2, 0) is 9.53 Å². The third-order valence-electron chi connectivity index (χ3n) is 5.15. The summed E-state index contributed by atoms with van der Waals surface area (Å²) in [5.41, 5.74) is 1.28. The lowest BCUT2D eigenvalue weighted by atomic mass is 10.0. The zero-order chi connectivity index (χ0) is 24.2. The van der Waals surface area contributed by atoms with Crippen molar-refractivity contribution >= 4 is 34.7 Å². The molecule has 3 aromatic rings. The number of benzene rings is 1. The average molecular weight is 495 g/mol. The van der Waals surface area contributed by atoms with Gasteiger partial charge in [-0.3, -0.25) is 9.36 Å². The Hall–Kier alpha value is -3.61. The number of carbonyl (C=O) groups excluding carboxylic acids is 1. The molecule has 7 nitrogen and oxygen atoms in total. The van der Waals surface area contributed by atoms with E-state index in [4.69, 9.17) is 20.6 Å². The number of esters is 1. The Labute approximate surface area is 204 Å². The van der Waals surface area contributed by atoms with Crippen molar-refractivity contribution in [2.75, 3.05) is 20.3 Å². The fourth-order valence-corrected chi connectivity index (χ4v) is 5.59. The molecule has 1 aliphatic heterocycles. The molecule has 0 radical (unpaired) electrons. The summed E-state index contributed by atoms with van der Waals surface area (Å²) in [7, 11) is 1.54. The van der Waals surface area contributed by atoms with Crippen molar-refractivity contribution in [2.45, 2.75) is 19.9 Å². The Balaban J connectivity index is 1.93. The number of thiazole rings is 1. The highest BCUT2D eigenvalue weighted by atomic mass is 32.1. The van der Waals surface area contributed by atoms with Gasteiger partial charge in [0.25, 0.3) is 5.56 Å². The number of thiophene rings is 1. The molecule has 0 saturated carbocycles. The molecular weight excluding hydrogens is 472 g/mol. The van der Waals surface area contributed by atoms with Gasteiger partial charge in [0.05, 0.1) is 29.5 Å². The predicted molar refractivity (Wildman–Crippen MR) is 132 cm³/mol. The normalized spacial score (nSPS) is 15.4. The van der Waals surface area contributed by atoms with Gasteiger partial charge in [-0.1, -0.05) is 35.5 Å². The highest BCUT2D eigenvalue weighted by Gasteiger charge is 2.33. The molecule has 0 spiro atoms. The Morgan fingerprint density at radius 1 is 1.32 bits per heavy atom. The number of terminal acetylenes is 1. The minimum atomic E-state index is -0.611. The lowest BCUT2D eigenvalue weighted by Crippen LogP contribution is -2.39. The molecule has 0 N–H and O–H groups in total. The number of ether oxygens (including phenoxy) is 3. The minimum absolute atomic E-state index is 0.0585. The molecule has 4 rings (SSSR count). The number of hydrogen-bond donors (Lipinski definition) is 0. The quantitative estimate of drug-likeness (QED) is 0.373. The largest absolute Gasteiger partial charge is 0.493 e. The van der Waals surface area contributed by atoms with Crippen molar-refractivity contribution in [3.05, 3.63) is 77.1 Å². The second-order valence-electron chi connectivity index (χ2n) is 7.19. The number of nitrogens with zero attached hydrogens (tertiary/aromatic N) is 2. The highest BCUT2D eigenvalue weighted by Crippen LogP contribution is 2.34. The van der Waals surface area contributed by atoms with Crippen molar-refractivity contribution in [1.82, 2.24) is 4.57 Å². The smallest absolute Gasteiger partial charge is 0.338 e. The molecule has 0 aliphatic carbocycles. The molecule has 2 aromatic heterocycles. The van der Waals surface area contributed by atoms with E-state index in [1.807, 2.05) is 29.6 Å². The molecule has 3 heterocycles. The predicted octanol–water partition coefficient (Wildman–Crippen LogP) is 2.88. The number of rotatable bonds is 7. The highest BCUT2D eigenvalue weighted by molar-refractivity contribution is 7.10. The van der Waals surface area contributed by atoms with Crippen molar-refractivity contribution in [1.29, 1.82) is 0 Å². The number of allylic oxidation sites excluding steroid dienone is 1. The van der Waals surface area contributed by atoms with E-state index in [1.165, 1.54) is 29.8 Å². The molecule has 0 fully saturated rings. The SMILES string of the molecule is C#CCOc1c(/C=c2\sc3n(c2=O)[C@@H](c2cccs2)C(C(=O)OCC)=C(C)N=3)cccc1OC. The van der Waals surface area contributed by atoms with Crippen LogP contribution in [0.1, 0.15) is 30.3 Å². The van der Waals surface area contributed by atoms with Crippen LogP contribution in [0.3, 0.4) is 0 Å². The Morgan fingerprint density at radius 3 is 2.82 bits per heavy atom. The maximum absolute atomic E-state index is 13.6. The Kier molecular flexibility index (Phi) is 7.01. The molecule has 34 heavy (non-hydrogen) atoms. The van der Waals surface area contributed by atoms with E-state index >= 15 is 0 Å². The summed E-state index contributed by atoms with van der Waals surface area (Å²) in [6, 6.07) is 8.56. The number of aromatic nitrogens is 1. The monoisotopic (exact) mass is 494 g/mol. The molecule has 1 aliphatic rings. The first-order chi connectivity index (χ1) is 16.5. The molecule has 9 heteroatoms. The Morgan fingerprint density at radius 2 is 2.15 bits per heavy atom. The summed E-state index contributed by atoms with van der Waals surface area (Å²) in [5, 5.41) is 1.91. The van der Waals surface area contributed by atoms with Crippen LogP contribution in [0.4, 0.5) is 0 Å². The van der Waals surface area contributed by atoms with Gasteiger partial charge >= 0.3 is 5.97 Å². The fraction of sp³-hybridized carbons (Fsp3) is 0.240. The van der Waals surface area contributed by atoms with Gasteiger partial charge in [-0.2, -0.15) is 0 Å². The first-order valence-corrected chi connectivity index (χ1v) is 12.2. The van der Waals surface area contributed by atoms with Gasteiger partial charge in [-0.15, -0.1) is 17.8 Å². The average Bonchev–Trinajstić information content (AvgIpc) is 3.46. The molecular formula is C25H22N2O5S2. The summed E-state index contributed by atoms with van der Waals surface area (Å²) >= 11 is 2.71. The van der Waals surface area contributed by atoms with E-state index < -0.39 is 12.0 Å². The maximum Gasteiger partial charge on any atom is 0.338 e. The van der Waals surface area contributed by atoms with Crippen molar-refractivity contribution in [2.24, 2.45) is 4.99 Å². The zero-order valence-electron chi connectivity index (χ0n) is 18.9. The summed E-state index contributed by atoms with van der Waals surface area (Å²) in [5.74, 6) is 2.93. The summed E-state index contributed by atoms with van der Waals surface area (Å²) < 4.78 is 18.4. The number of fused-ring (bicyclic) bond motifs is 1.